The van der Waals surface area contributed by atoms with Crippen molar-refractivity contribution < 1.29 is 19.1 Å². The van der Waals surface area contributed by atoms with Gasteiger partial charge in [0.2, 0.25) is 5.91 Å². The molecular weight excluding hydrogens is 392 g/mol. The lowest BCUT2D eigenvalue weighted by molar-refractivity contribution is -0.132. The van der Waals surface area contributed by atoms with Crippen LogP contribution in [0.2, 0.25) is 0 Å². The van der Waals surface area contributed by atoms with Gasteiger partial charge in [0.25, 0.3) is 5.91 Å². The van der Waals surface area contributed by atoms with E-state index in [1.165, 1.54) is 0 Å². The molecule has 152 valence electrons. The third-order valence-corrected chi connectivity index (χ3v) is 6.49. The van der Waals surface area contributed by atoms with Crippen molar-refractivity contribution in [1.82, 2.24) is 20.5 Å². The zero-order chi connectivity index (χ0) is 20.6. The molecule has 1 unspecified atom stereocenters. The second-order valence-electron chi connectivity index (χ2n) is 7.43. The van der Waals surface area contributed by atoms with E-state index in [1.54, 1.807) is 30.3 Å². The number of fused-ring (bicyclic) bond motifs is 1. The highest BCUT2D eigenvalue weighted by Gasteiger charge is 2.42. The number of ether oxygens (including phenoxy) is 1. The van der Waals surface area contributed by atoms with Crippen LogP contribution in [0, 0.1) is 0 Å². The fourth-order valence-electron chi connectivity index (χ4n) is 3.56. The Labute approximate surface area is 172 Å². The zero-order valence-corrected chi connectivity index (χ0v) is 17.1. The van der Waals surface area contributed by atoms with Crippen molar-refractivity contribution in [3.63, 3.8) is 0 Å². The van der Waals surface area contributed by atoms with Crippen LogP contribution in [0.5, 0.6) is 5.75 Å². The van der Waals surface area contributed by atoms with Gasteiger partial charge in [-0.2, -0.15) is 0 Å². The van der Waals surface area contributed by atoms with Crippen molar-refractivity contribution in [3.05, 3.63) is 34.8 Å². The summed E-state index contributed by atoms with van der Waals surface area (Å²) >= 11 is 1.59. The molecule has 8 nitrogen and oxygen atoms in total. The van der Waals surface area contributed by atoms with Crippen LogP contribution in [0.15, 0.2) is 24.3 Å². The number of hydrogen-bond donors (Lipinski definition) is 2. The maximum Gasteiger partial charge on any atom is 0.322 e. The van der Waals surface area contributed by atoms with Crippen molar-refractivity contribution in [2.45, 2.75) is 38.3 Å². The summed E-state index contributed by atoms with van der Waals surface area (Å²) in [5.74, 6) is 0.368. The summed E-state index contributed by atoms with van der Waals surface area (Å²) in [4.78, 5) is 43.6. The van der Waals surface area contributed by atoms with Gasteiger partial charge >= 0.3 is 6.03 Å². The van der Waals surface area contributed by atoms with E-state index in [2.05, 4.69) is 10.6 Å². The number of urea groups is 1. The first kappa shape index (κ1) is 19.4. The number of nitrogens with one attached hydrogen (secondary N) is 2. The largest absolute Gasteiger partial charge is 0.497 e. The summed E-state index contributed by atoms with van der Waals surface area (Å²) in [7, 11) is 1.64. The fraction of sp³-hybridized carbons (Fsp3) is 0.400. The first-order chi connectivity index (χ1) is 13.9. The average Bonchev–Trinajstić information content (AvgIpc) is 3.25. The number of carbonyl (C=O) groups excluding carboxylic acids is 3. The topological polar surface area (TPSA) is 101 Å². The van der Waals surface area contributed by atoms with Crippen LogP contribution in [0.3, 0.4) is 0 Å². The molecule has 4 amide bonds. The van der Waals surface area contributed by atoms with E-state index in [4.69, 9.17) is 9.72 Å². The molecule has 0 bridgehead atoms. The summed E-state index contributed by atoms with van der Waals surface area (Å²) in [6.45, 7) is 2.76. The smallest absolute Gasteiger partial charge is 0.322 e. The molecule has 1 aromatic heterocycles. The lowest BCUT2D eigenvalue weighted by Gasteiger charge is -2.27. The molecule has 9 heteroatoms. The molecule has 29 heavy (non-hydrogen) atoms. The van der Waals surface area contributed by atoms with Gasteiger partial charge in [0.1, 0.15) is 16.3 Å². The normalized spacial score (nSPS) is 20.8. The number of hydrogen-bond acceptors (Lipinski definition) is 6. The minimum absolute atomic E-state index is 0.0258. The van der Waals surface area contributed by atoms with Crippen molar-refractivity contribution >= 4 is 29.2 Å². The van der Waals surface area contributed by atoms with Gasteiger partial charge < -0.3 is 15.0 Å². The third kappa shape index (κ3) is 3.82. The molecule has 2 aliphatic heterocycles. The highest BCUT2D eigenvalue weighted by molar-refractivity contribution is 7.15. The van der Waals surface area contributed by atoms with Gasteiger partial charge in [-0.3, -0.25) is 14.9 Å². The quantitative estimate of drug-likeness (QED) is 0.730. The number of aromatic nitrogens is 1. The van der Waals surface area contributed by atoms with Crippen LogP contribution >= 0.6 is 11.3 Å². The lowest BCUT2D eigenvalue weighted by Crippen LogP contribution is -2.45. The molecule has 3 heterocycles. The number of benzene rings is 1. The molecule has 0 saturated carbocycles. The molecule has 2 aromatic rings. The van der Waals surface area contributed by atoms with E-state index in [0.717, 1.165) is 26.9 Å². The number of rotatable bonds is 5. The van der Waals surface area contributed by atoms with Gasteiger partial charge in [-0.15, -0.1) is 11.3 Å². The van der Waals surface area contributed by atoms with Gasteiger partial charge in [0.05, 0.1) is 19.3 Å². The highest BCUT2D eigenvalue weighted by Crippen LogP contribution is 2.33. The standard InChI is InChI=1S/C20H22N4O4S/c1-20(18(26)22-19(27)23-20)8-6-16(25)24-9-7-14-15(11-24)29-17(21-14)12-4-3-5-13(10-12)28-2/h3-5,10H,6-9,11H2,1-2H3,(H2,22,23,26,27). The predicted octanol–water partition coefficient (Wildman–Crippen LogP) is 2.08. The Bertz CT molecular complexity index is 989. The van der Waals surface area contributed by atoms with Crippen LogP contribution in [0.4, 0.5) is 4.79 Å². The SMILES string of the molecule is COc1cccc(-c2nc3c(s2)CN(C(=O)CCC2(C)NC(=O)NC2=O)CC3)c1. The van der Waals surface area contributed by atoms with Gasteiger partial charge in [-0.1, -0.05) is 12.1 Å². The maximum absolute atomic E-state index is 12.7. The van der Waals surface area contributed by atoms with E-state index in [0.29, 0.717) is 19.5 Å². The molecule has 1 aromatic carbocycles. The summed E-state index contributed by atoms with van der Waals surface area (Å²) in [5.41, 5.74) is 1.00. The first-order valence-electron chi connectivity index (χ1n) is 9.42. The lowest BCUT2D eigenvalue weighted by atomic mass is 9.95. The van der Waals surface area contributed by atoms with Crippen molar-refractivity contribution in [2.24, 2.45) is 0 Å². The van der Waals surface area contributed by atoms with Crippen LogP contribution in [-0.4, -0.2) is 46.9 Å². The Kier molecular flexibility index (Phi) is 4.99. The Balaban J connectivity index is 1.42. The third-order valence-electron chi connectivity index (χ3n) is 5.36. The second-order valence-corrected chi connectivity index (χ2v) is 8.51. The van der Waals surface area contributed by atoms with Gasteiger partial charge in [-0.05, 0) is 25.5 Å². The number of nitrogens with zero attached hydrogens (tertiary/aromatic N) is 2. The molecular formula is C20H22N4O4S. The fourth-order valence-corrected chi connectivity index (χ4v) is 4.68. The summed E-state index contributed by atoms with van der Waals surface area (Å²) in [6, 6.07) is 7.27. The first-order valence-corrected chi connectivity index (χ1v) is 10.2. The number of carbonyl (C=O) groups is 3. The van der Waals surface area contributed by atoms with Crippen molar-refractivity contribution in [1.29, 1.82) is 0 Å². The molecule has 4 rings (SSSR count). The number of thiazole rings is 1. The van der Waals surface area contributed by atoms with E-state index in [1.807, 2.05) is 24.3 Å². The van der Waals surface area contributed by atoms with Crippen LogP contribution in [0.25, 0.3) is 10.6 Å². The van der Waals surface area contributed by atoms with E-state index >= 15 is 0 Å². The maximum atomic E-state index is 12.7. The Morgan fingerprint density at radius 3 is 2.93 bits per heavy atom. The molecule has 0 spiro atoms. The average molecular weight is 414 g/mol. The number of amides is 4. The van der Waals surface area contributed by atoms with Crippen LogP contribution in [0.1, 0.15) is 30.3 Å². The predicted molar refractivity (Wildman–Crippen MR) is 108 cm³/mol. The van der Waals surface area contributed by atoms with Crippen LogP contribution in [-0.2, 0) is 22.6 Å². The van der Waals surface area contributed by atoms with Crippen LogP contribution < -0.4 is 15.4 Å². The summed E-state index contributed by atoms with van der Waals surface area (Å²) in [6.07, 6.45) is 1.17. The van der Waals surface area contributed by atoms with Crippen molar-refractivity contribution in [2.75, 3.05) is 13.7 Å². The number of imide groups is 1. The summed E-state index contributed by atoms with van der Waals surface area (Å²) in [5, 5.41) is 5.73. The molecule has 1 fully saturated rings. The van der Waals surface area contributed by atoms with Gasteiger partial charge in [-0.25, -0.2) is 9.78 Å². The second kappa shape index (κ2) is 7.47. The highest BCUT2D eigenvalue weighted by atomic mass is 32.1. The molecule has 1 atom stereocenters. The van der Waals surface area contributed by atoms with Gasteiger partial charge in [0, 0.05) is 29.8 Å². The molecule has 2 N–H and O–H groups in total. The minimum Gasteiger partial charge on any atom is -0.497 e. The Morgan fingerprint density at radius 2 is 2.21 bits per heavy atom. The molecule has 0 radical (unpaired) electrons. The van der Waals surface area contributed by atoms with E-state index < -0.39 is 11.6 Å². The van der Waals surface area contributed by atoms with Crippen molar-refractivity contribution in [3.8, 4) is 16.3 Å². The molecule has 2 aliphatic rings. The molecule has 1 saturated heterocycles. The van der Waals surface area contributed by atoms with E-state index in [-0.39, 0.29) is 24.7 Å². The Hall–Kier alpha value is -2.94. The van der Waals surface area contributed by atoms with E-state index in [9.17, 15) is 14.4 Å². The summed E-state index contributed by atoms with van der Waals surface area (Å²) < 4.78 is 5.29. The monoisotopic (exact) mass is 414 g/mol. The minimum atomic E-state index is -1.03. The zero-order valence-electron chi connectivity index (χ0n) is 16.3. The Morgan fingerprint density at radius 1 is 1.38 bits per heavy atom. The van der Waals surface area contributed by atoms with Gasteiger partial charge in [0.15, 0.2) is 0 Å². The number of methoxy groups -OCH3 is 1. The molecule has 0 aliphatic carbocycles.